The van der Waals surface area contributed by atoms with Crippen molar-refractivity contribution in [2.24, 2.45) is 0 Å². The highest BCUT2D eigenvalue weighted by Gasteiger charge is 2.19. The van der Waals surface area contributed by atoms with E-state index in [1.54, 1.807) is 6.07 Å². The van der Waals surface area contributed by atoms with E-state index in [9.17, 15) is 4.39 Å². The zero-order chi connectivity index (χ0) is 13.1. The van der Waals surface area contributed by atoms with Crippen molar-refractivity contribution in [1.82, 2.24) is 9.80 Å². The Morgan fingerprint density at radius 1 is 1.22 bits per heavy atom. The van der Waals surface area contributed by atoms with Gasteiger partial charge in [0.2, 0.25) is 0 Å². The minimum Gasteiger partial charge on any atom is -0.298 e. The maximum absolute atomic E-state index is 13.0. The van der Waals surface area contributed by atoms with E-state index < -0.39 is 0 Å². The Labute approximate surface area is 117 Å². The van der Waals surface area contributed by atoms with Gasteiger partial charge in [0.25, 0.3) is 0 Å². The molecule has 4 heteroatoms. The first-order chi connectivity index (χ1) is 8.56. The first kappa shape index (κ1) is 14.0. The summed E-state index contributed by atoms with van der Waals surface area (Å²) in [6.07, 6.45) is 0. The molecule has 0 saturated carbocycles. The first-order valence-electron chi connectivity index (χ1n) is 6.46. The molecule has 1 saturated heterocycles. The summed E-state index contributed by atoms with van der Waals surface area (Å²) in [6, 6.07) is 5.57. The molecule has 0 unspecified atom stereocenters. The number of hydrogen-bond acceptors (Lipinski definition) is 2. The van der Waals surface area contributed by atoms with Gasteiger partial charge < -0.3 is 0 Å². The van der Waals surface area contributed by atoms with Gasteiger partial charge in [-0.25, -0.2) is 4.39 Å². The molecule has 1 heterocycles. The maximum Gasteiger partial charge on any atom is 0.124 e. The summed E-state index contributed by atoms with van der Waals surface area (Å²) in [4.78, 5) is 4.92. The van der Waals surface area contributed by atoms with Crippen molar-refractivity contribution in [3.05, 3.63) is 34.1 Å². The average Bonchev–Trinajstić information content (AvgIpc) is 2.33. The van der Waals surface area contributed by atoms with Crippen molar-refractivity contribution in [1.29, 1.82) is 0 Å². The fraction of sp³-hybridized carbons (Fsp3) is 0.571. The monoisotopic (exact) mass is 314 g/mol. The molecule has 0 aromatic heterocycles. The molecule has 1 fully saturated rings. The van der Waals surface area contributed by atoms with Crippen LogP contribution in [0.2, 0.25) is 0 Å². The molecule has 0 atom stereocenters. The summed E-state index contributed by atoms with van der Waals surface area (Å²) in [5, 5.41) is 0. The van der Waals surface area contributed by atoms with Gasteiger partial charge >= 0.3 is 0 Å². The molecule has 0 bridgehead atoms. The second-order valence-electron chi connectivity index (χ2n) is 5.14. The number of piperazine rings is 1. The molecule has 18 heavy (non-hydrogen) atoms. The molecule has 0 aliphatic carbocycles. The van der Waals surface area contributed by atoms with Crippen molar-refractivity contribution in [3.63, 3.8) is 0 Å². The summed E-state index contributed by atoms with van der Waals surface area (Å²) in [5.41, 5.74) is 1.16. The lowest BCUT2D eigenvalue weighted by atomic mass is 10.2. The molecule has 2 rings (SSSR count). The van der Waals surface area contributed by atoms with Crippen LogP contribution in [0, 0.1) is 5.82 Å². The van der Waals surface area contributed by atoms with Crippen molar-refractivity contribution < 1.29 is 4.39 Å². The SMILES string of the molecule is CC(C)N1CCN(Cc2ccc(F)cc2Br)CC1. The highest BCUT2D eigenvalue weighted by molar-refractivity contribution is 9.10. The van der Waals surface area contributed by atoms with Gasteiger partial charge in [0.1, 0.15) is 5.82 Å². The fourth-order valence-corrected chi connectivity index (χ4v) is 2.80. The smallest absolute Gasteiger partial charge is 0.124 e. The van der Waals surface area contributed by atoms with Gasteiger partial charge in [0.15, 0.2) is 0 Å². The molecular formula is C14H20BrFN2. The van der Waals surface area contributed by atoms with Crippen LogP contribution < -0.4 is 0 Å². The van der Waals surface area contributed by atoms with E-state index in [0.717, 1.165) is 42.8 Å². The third kappa shape index (κ3) is 3.53. The number of benzene rings is 1. The molecule has 1 aliphatic rings. The molecule has 100 valence electrons. The minimum absolute atomic E-state index is 0.185. The second kappa shape index (κ2) is 6.13. The van der Waals surface area contributed by atoms with E-state index in [4.69, 9.17) is 0 Å². The standard InChI is InChI=1S/C14H20BrFN2/c1-11(2)18-7-5-17(6-8-18)10-12-3-4-13(16)9-14(12)15/h3-4,9,11H,5-8,10H2,1-2H3. The van der Waals surface area contributed by atoms with Crippen molar-refractivity contribution in [2.75, 3.05) is 26.2 Å². The fourth-order valence-electron chi connectivity index (χ4n) is 2.33. The van der Waals surface area contributed by atoms with Gasteiger partial charge in [-0.15, -0.1) is 0 Å². The van der Waals surface area contributed by atoms with E-state index in [2.05, 4.69) is 39.6 Å². The summed E-state index contributed by atoms with van der Waals surface area (Å²) in [7, 11) is 0. The Morgan fingerprint density at radius 2 is 1.89 bits per heavy atom. The topological polar surface area (TPSA) is 6.48 Å². The maximum atomic E-state index is 13.0. The lowest BCUT2D eigenvalue weighted by Crippen LogP contribution is -2.48. The minimum atomic E-state index is -0.185. The van der Waals surface area contributed by atoms with E-state index in [0.29, 0.717) is 6.04 Å². The zero-order valence-corrected chi connectivity index (χ0v) is 12.6. The molecule has 0 amide bonds. The van der Waals surface area contributed by atoms with Crippen LogP contribution in [-0.4, -0.2) is 42.0 Å². The lowest BCUT2D eigenvalue weighted by Gasteiger charge is -2.37. The summed E-state index contributed by atoms with van der Waals surface area (Å²) < 4.78 is 13.9. The number of nitrogens with zero attached hydrogens (tertiary/aromatic N) is 2. The third-order valence-electron chi connectivity index (χ3n) is 3.55. The van der Waals surface area contributed by atoms with Crippen molar-refractivity contribution >= 4 is 15.9 Å². The highest BCUT2D eigenvalue weighted by atomic mass is 79.9. The van der Waals surface area contributed by atoms with Crippen LogP contribution in [0.5, 0.6) is 0 Å². The van der Waals surface area contributed by atoms with E-state index in [1.807, 2.05) is 6.07 Å². The van der Waals surface area contributed by atoms with Gasteiger partial charge in [-0.2, -0.15) is 0 Å². The number of hydrogen-bond donors (Lipinski definition) is 0. The normalized spacial score (nSPS) is 18.5. The van der Waals surface area contributed by atoms with Gasteiger partial charge in [-0.1, -0.05) is 22.0 Å². The molecule has 2 nitrogen and oxygen atoms in total. The Balaban J connectivity index is 1.91. The van der Waals surface area contributed by atoms with Crippen LogP contribution in [0.15, 0.2) is 22.7 Å². The summed E-state index contributed by atoms with van der Waals surface area (Å²) in [6.45, 7) is 9.79. The second-order valence-corrected chi connectivity index (χ2v) is 6.00. The number of halogens is 2. The van der Waals surface area contributed by atoms with Crippen LogP contribution in [0.3, 0.4) is 0 Å². The van der Waals surface area contributed by atoms with Crippen molar-refractivity contribution in [3.8, 4) is 0 Å². The van der Waals surface area contributed by atoms with Crippen LogP contribution in [0.25, 0.3) is 0 Å². The van der Waals surface area contributed by atoms with Gasteiger partial charge in [0.05, 0.1) is 0 Å². The summed E-state index contributed by atoms with van der Waals surface area (Å²) >= 11 is 3.43. The lowest BCUT2D eigenvalue weighted by molar-refractivity contribution is 0.104. The Bertz CT molecular complexity index is 401. The molecular weight excluding hydrogens is 295 g/mol. The van der Waals surface area contributed by atoms with Gasteiger partial charge in [-0.05, 0) is 31.5 Å². The van der Waals surface area contributed by atoms with Crippen LogP contribution in [-0.2, 0) is 6.54 Å². The molecule has 1 aromatic rings. The number of rotatable bonds is 3. The van der Waals surface area contributed by atoms with E-state index in [-0.39, 0.29) is 5.82 Å². The molecule has 0 radical (unpaired) electrons. The zero-order valence-electron chi connectivity index (χ0n) is 11.0. The molecule has 1 aromatic carbocycles. The quantitative estimate of drug-likeness (QED) is 0.846. The van der Waals surface area contributed by atoms with E-state index in [1.165, 1.54) is 6.07 Å². The molecule has 1 aliphatic heterocycles. The third-order valence-corrected chi connectivity index (χ3v) is 4.28. The molecule has 0 N–H and O–H groups in total. The van der Waals surface area contributed by atoms with Crippen LogP contribution in [0.4, 0.5) is 4.39 Å². The average molecular weight is 315 g/mol. The first-order valence-corrected chi connectivity index (χ1v) is 7.26. The Morgan fingerprint density at radius 3 is 2.44 bits per heavy atom. The van der Waals surface area contributed by atoms with Crippen molar-refractivity contribution in [2.45, 2.75) is 26.4 Å². The van der Waals surface area contributed by atoms with Crippen LogP contribution >= 0.6 is 15.9 Å². The van der Waals surface area contributed by atoms with E-state index >= 15 is 0 Å². The predicted molar refractivity (Wildman–Crippen MR) is 76.1 cm³/mol. The predicted octanol–water partition coefficient (Wildman–Crippen LogP) is 3.11. The summed E-state index contributed by atoms with van der Waals surface area (Å²) in [5.74, 6) is -0.185. The Hall–Kier alpha value is -0.450. The van der Waals surface area contributed by atoms with Gasteiger partial charge in [-0.3, -0.25) is 9.80 Å². The Kier molecular flexibility index (Phi) is 4.76. The largest absolute Gasteiger partial charge is 0.298 e. The highest BCUT2D eigenvalue weighted by Crippen LogP contribution is 2.20. The van der Waals surface area contributed by atoms with Gasteiger partial charge in [0, 0.05) is 43.2 Å². The molecule has 0 spiro atoms. The van der Waals surface area contributed by atoms with Crippen LogP contribution in [0.1, 0.15) is 19.4 Å².